The van der Waals surface area contributed by atoms with Crippen LogP contribution in [0, 0.1) is 0 Å². The second kappa shape index (κ2) is 46.4. The molecule has 0 bridgehead atoms. The van der Waals surface area contributed by atoms with Gasteiger partial charge in [0.2, 0.25) is 30.3 Å². The largest absolute Gasteiger partial charge is 1.00 e. The second-order valence-electron chi connectivity index (χ2n) is 31.0. The zero-order chi connectivity index (χ0) is 84.3. The van der Waals surface area contributed by atoms with Crippen LogP contribution in [0.2, 0.25) is 0 Å². The lowest BCUT2D eigenvalue weighted by Crippen LogP contribution is -3.00. The summed E-state index contributed by atoms with van der Waals surface area (Å²) in [4.78, 5) is 70.3. The van der Waals surface area contributed by atoms with Gasteiger partial charge in [0.15, 0.2) is 30.8 Å². The fourth-order valence-corrected chi connectivity index (χ4v) is 15.3. The van der Waals surface area contributed by atoms with Crippen LogP contribution in [0.4, 0.5) is 0 Å². The maximum Gasteiger partial charge on any atom is 0.303 e. The summed E-state index contributed by atoms with van der Waals surface area (Å²) in [6.45, 7) is 6.23. The summed E-state index contributed by atoms with van der Waals surface area (Å²) in [5, 5.41) is 9.02. The molecule has 4 heterocycles. The molecule has 8 aromatic carbocycles. The fourth-order valence-electron chi connectivity index (χ4n) is 15.3. The Labute approximate surface area is 724 Å². The number of carbonyl (C=O) groups is 5. The van der Waals surface area contributed by atoms with E-state index in [1.54, 1.807) is 24.3 Å². The first-order valence-electron chi connectivity index (χ1n) is 40.5. The molecule has 0 aromatic heterocycles. The van der Waals surface area contributed by atoms with Gasteiger partial charge in [-0.05, 0) is 63.2 Å². The van der Waals surface area contributed by atoms with Gasteiger partial charge in [-0.15, -0.1) is 0 Å². The van der Waals surface area contributed by atoms with Crippen molar-refractivity contribution in [1.29, 1.82) is 0 Å². The summed E-state index contributed by atoms with van der Waals surface area (Å²) in [5.41, 5.74) is 5.95. The highest BCUT2D eigenvalue weighted by atomic mass is 127. The molecule has 121 heavy (non-hydrogen) atoms. The highest BCUT2D eigenvalue weighted by Gasteiger charge is 2.61. The van der Waals surface area contributed by atoms with Crippen molar-refractivity contribution in [2.75, 3.05) is 54.7 Å². The Morgan fingerprint density at radius 2 is 0.579 bits per heavy atom. The Balaban J connectivity index is 0.0000143. The van der Waals surface area contributed by atoms with Crippen LogP contribution in [0.5, 0.6) is 11.5 Å². The Morgan fingerprint density at radius 3 is 0.901 bits per heavy atom. The minimum Gasteiger partial charge on any atom is -1.00 e. The zero-order valence-corrected chi connectivity index (χ0v) is 71.7. The summed E-state index contributed by atoms with van der Waals surface area (Å²) in [6.07, 6.45) is -20.9. The number of methoxy groups -OCH3 is 1. The predicted molar refractivity (Wildman–Crippen MR) is 438 cm³/mol. The average Bonchev–Trinajstić information content (AvgIpc) is 0.756. The number of rotatable bonds is 40. The Bertz CT molecular complexity index is 4430. The lowest BCUT2D eigenvalue weighted by atomic mass is 9.92. The summed E-state index contributed by atoms with van der Waals surface area (Å²) in [7, 11) is 7.62. The van der Waals surface area contributed by atoms with Crippen molar-refractivity contribution in [3.05, 3.63) is 276 Å². The van der Waals surface area contributed by atoms with Crippen LogP contribution in [0.3, 0.4) is 0 Å². The predicted octanol–water partition coefficient (Wildman–Crippen LogP) is 7.21. The van der Waals surface area contributed by atoms with Gasteiger partial charge in [-0.3, -0.25) is 24.0 Å². The molecule has 4 aliphatic heterocycles. The maximum atomic E-state index is 14.5. The topological polar surface area (TPSA) is 288 Å². The number of nitrogens with zero attached hydrogens (tertiary/aromatic N) is 1. The standard InChI is InChI=1S/C93H110N4O23.HI/c1-60(98)94-78-86(109-54-70-41-27-15-28-42-70)83(120-93-81(97(6,7)8)89(110-55-71-43-29-16-30-44-71)82(108-53-69-39-25-14-26-40-69)74(117-93)56-104-49-65-31-17-10-18-32-65)75(57-105-50-66-33-19-11-20-34-66)115-91(78)118-85-77(59-107-52-68-37-23-13-24-38-68)116-92(80(96-62(3)100)88(85)112-64(5)102)119-84-76(58-106-51-67-35-21-12-22-36-67)114-90(113-73-47-45-72(103-9)46-48-73)79(95-61(2)99)87(84)111-63(4)101;/h10-48,74-93H,49-59H2,1-9H3,(H2-,94,95,96,98,99,100);1H/t74-,75-,76-,77-,78-,79-,80-,81-,82-,83-,84-,85-,86-,87-,88-,89-,90-,91+,92+,93+;/m1./s1. The van der Waals surface area contributed by atoms with Crippen LogP contribution in [0.25, 0.3) is 0 Å². The molecular formula is C93H111IN4O23. The van der Waals surface area contributed by atoms with Gasteiger partial charge in [0.1, 0.15) is 90.7 Å². The van der Waals surface area contributed by atoms with Crippen molar-refractivity contribution < 1.29 is 138 Å². The molecule has 20 atom stereocenters. The molecule has 4 aliphatic rings. The summed E-state index contributed by atoms with van der Waals surface area (Å²) < 4.78 is 125. The third kappa shape index (κ3) is 27.2. The van der Waals surface area contributed by atoms with E-state index < -0.39 is 152 Å². The van der Waals surface area contributed by atoms with Gasteiger partial charge in [-0.2, -0.15) is 0 Å². The number of hydrogen-bond acceptors (Lipinski definition) is 23. The van der Waals surface area contributed by atoms with Crippen LogP contribution in [-0.4, -0.2) is 211 Å². The minimum absolute atomic E-state index is 0. The molecule has 3 N–H and O–H groups in total. The maximum absolute atomic E-state index is 14.5. The third-order valence-electron chi connectivity index (χ3n) is 20.8. The highest BCUT2D eigenvalue weighted by Crippen LogP contribution is 2.41. The summed E-state index contributed by atoms with van der Waals surface area (Å²) in [5.74, 6) is -2.54. The highest BCUT2D eigenvalue weighted by molar-refractivity contribution is 5.74. The number of likely N-dealkylation sites (N-methyl/N-ethyl adjacent to an activating group) is 1. The van der Waals surface area contributed by atoms with E-state index in [1.807, 2.05) is 233 Å². The van der Waals surface area contributed by atoms with Gasteiger partial charge >= 0.3 is 11.9 Å². The van der Waals surface area contributed by atoms with E-state index in [1.165, 1.54) is 41.7 Å². The van der Waals surface area contributed by atoms with Gasteiger partial charge in [0.25, 0.3) is 0 Å². The van der Waals surface area contributed by atoms with Crippen LogP contribution >= 0.6 is 0 Å². The number of carbonyl (C=O) groups excluding carboxylic acids is 5. The van der Waals surface area contributed by atoms with Crippen molar-refractivity contribution >= 4 is 29.7 Å². The number of amides is 3. The van der Waals surface area contributed by atoms with Crippen molar-refractivity contribution in [3.63, 3.8) is 0 Å². The van der Waals surface area contributed by atoms with Crippen molar-refractivity contribution in [2.24, 2.45) is 0 Å². The van der Waals surface area contributed by atoms with Gasteiger partial charge in [-0.25, -0.2) is 0 Å². The van der Waals surface area contributed by atoms with Crippen LogP contribution in [0.15, 0.2) is 237 Å². The number of ether oxygens (including phenoxy) is 18. The molecule has 8 aromatic rings. The molecule has 0 spiro atoms. The number of nitrogens with one attached hydrogen (secondary N) is 3. The Morgan fingerprint density at radius 1 is 0.314 bits per heavy atom. The lowest BCUT2D eigenvalue weighted by Gasteiger charge is -2.53. The molecule has 0 aliphatic carbocycles. The van der Waals surface area contributed by atoms with Crippen molar-refractivity contribution in [3.8, 4) is 11.5 Å². The van der Waals surface area contributed by atoms with E-state index in [2.05, 4.69) is 16.0 Å². The Hall–Kier alpha value is -9.16. The van der Waals surface area contributed by atoms with Crippen LogP contribution in [0.1, 0.15) is 73.6 Å². The van der Waals surface area contributed by atoms with Gasteiger partial charge in [0, 0.05) is 34.6 Å². The number of benzene rings is 8. The molecule has 27 nitrogen and oxygen atoms in total. The smallest absolute Gasteiger partial charge is 0.303 e. The first kappa shape index (κ1) is 92.6. The van der Waals surface area contributed by atoms with Gasteiger partial charge < -0.3 is 130 Å². The SMILES string of the molecule is COc1ccc(O[C@@H]2O[C@H](COCc3ccccc3)[C@@H](O[C@@H]3O[C@H](COCc4ccccc4)[C@@H](O[C@@H]4O[C@H](COCc5ccccc5)[C@@H](O[C@@H]5O[C@H](COCc6ccccc6)[C@@H](OCc6ccccc6)[C@H](OCc6ccccc6)[C@H]5[N+](C)(C)C)[C@H](OCc5ccccc5)[C@H]4NC(C)=O)[C@H](OC(C)=O)[C@H]3NC(C)=O)[C@H](OC(C)=O)[C@H]2NC(C)=O)cc1.[I-]. The van der Waals surface area contributed by atoms with Crippen LogP contribution in [-0.2, 0) is 146 Å². The monoisotopic (exact) mass is 1780 g/mol. The average molecular weight is 1780 g/mol. The van der Waals surface area contributed by atoms with E-state index in [0.717, 1.165) is 38.9 Å². The van der Waals surface area contributed by atoms with Gasteiger partial charge in [-0.1, -0.05) is 212 Å². The number of esters is 2. The minimum atomic E-state index is -1.72. The van der Waals surface area contributed by atoms with E-state index in [0.29, 0.717) is 11.5 Å². The Kier molecular flexibility index (Phi) is 35.5. The molecule has 0 unspecified atom stereocenters. The van der Waals surface area contributed by atoms with E-state index in [-0.39, 0.29) is 101 Å². The normalized spacial score (nSPS) is 26.6. The van der Waals surface area contributed by atoms with Crippen LogP contribution < -0.4 is 49.4 Å². The van der Waals surface area contributed by atoms with E-state index in [4.69, 9.17) is 85.3 Å². The molecule has 3 amide bonds. The molecule has 648 valence electrons. The van der Waals surface area contributed by atoms with Crippen molar-refractivity contribution in [2.45, 2.75) is 203 Å². The molecule has 12 rings (SSSR count). The van der Waals surface area contributed by atoms with E-state index >= 15 is 0 Å². The quantitative estimate of drug-likeness (QED) is 0.0194. The molecule has 0 radical (unpaired) electrons. The number of halogens is 1. The fraction of sp³-hybridized carbons (Fsp3) is 0.430. The molecular weight excluding hydrogens is 1670 g/mol. The molecule has 0 saturated carbocycles. The molecule has 4 saturated heterocycles. The van der Waals surface area contributed by atoms with Crippen molar-refractivity contribution in [1.82, 2.24) is 16.0 Å². The second-order valence-corrected chi connectivity index (χ2v) is 31.0. The molecule has 28 heteroatoms. The first-order chi connectivity index (χ1) is 58.2. The molecule has 4 fully saturated rings. The summed E-state index contributed by atoms with van der Waals surface area (Å²) >= 11 is 0. The first-order valence-corrected chi connectivity index (χ1v) is 40.5. The van der Waals surface area contributed by atoms with E-state index in [9.17, 15) is 24.0 Å². The number of quaternary nitrogens is 1. The summed E-state index contributed by atoms with van der Waals surface area (Å²) in [6, 6.07) is 69.0. The zero-order valence-electron chi connectivity index (χ0n) is 69.6. The van der Waals surface area contributed by atoms with Gasteiger partial charge in [0.05, 0.1) is 101 Å². The number of hydrogen-bond donors (Lipinski definition) is 3. The lowest BCUT2D eigenvalue weighted by molar-refractivity contribution is -0.910. The third-order valence-corrected chi connectivity index (χ3v) is 20.8.